The lowest BCUT2D eigenvalue weighted by atomic mass is 9.91. The van der Waals surface area contributed by atoms with Crippen LogP contribution in [0.5, 0.6) is 0 Å². The summed E-state index contributed by atoms with van der Waals surface area (Å²) in [6.45, 7) is 0.953. The molecule has 0 amide bonds. The van der Waals surface area contributed by atoms with E-state index in [0.717, 1.165) is 0 Å². The highest BCUT2D eigenvalue weighted by Crippen LogP contribution is 2.16. The minimum absolute atomic E-state index is 0.0593. The van der Waals surface area contributed by atoms with E-state index in [1.807, 2.05) is 0 Å². The number of carboxylic acid groups (broad SMARTS) is 2. The molecule has 0 aromatic carbocycles. The van der Waals surface area contributed by atoms with Gasteiger partial charge in [-0.1, -0.05) is 6.92 Å². The van der Waals surface area contributed by atoms with Crippen molar-refractivity contribution in [3.63, 3.8) is 0 Å². The van der Waals surface area contributed by atoms with Gasteiger partial charge in [-0.15, -0.1) is 0 Å². The lowest BCUT2D eigenvalue weighted by molar-refractivity contribution is -0.481. The molecule has 0 radical (unpaired) electrons. The molecule has 0 saturated carbocycles. The quantitative estimate of drug-likeness (QED) is 0.360. The predicted octanol–water partition coefficient (Wildman–Crippen LogP) is 0.0747. The molecular weight excluding hydrogens is 194 g/mol. The smallest absolute Gasteiger partial charge is 0.318 e. The standard InChI is InChI=1S/C7H11NO6/c1-4(2-3-8(13)14)5(6(9)10)7(11)12/h4-5H,2-3H2,1H3,(H,9,10)(H,11,12). The van der Waals surface area contributed by atoms with Crippen molar-refractivity contribution < 1.29 is 24.7 Å². The van der Waals surface area contributed by atoms with E-state index in [1.54, 1.807) is 0 Å². The van der Waals surface area contributed by atoms with Gasteiger partial charge in [0.1, 0.15) is 0 Å². The van der Waals surface area contributed by atoms with Crippen LogP contribution in [-0.4, -0.2) is 33.6 Å². The maximum Gasteiger partial charge on any atom is 0.318 e. The summed E-state index contributed by atoms with van der Waals surface area (Å²) in [6, 6.07) is 0. The molecule has 0 aliphatic carbocycles. The van der Waals surface area contributed by atoms with Crippen LogP contribution in [0.15, 0.2) is 0 Å². The van der Waals surface area contributed by atoms with Crippen LogP contribution in [0.4, 0.5) is 0 Å². The first kappa shape index (κ1) is 12.3. The number of hydrogen-bond donors (Lipinski definition) is 2. The Morgan fingerprint density at radius 3 is 2.07 bits per heavy atom. The third-order valence-electron chi connectivity index (χ3n) is 1.87. The molecule has 1 atom stereocenters. The van der Waals surface area contributed by atoms with Gasteiger partial charge in [0.15, 0.2) is 5.92 Å². The third-order valence-corrected chi connectivity index (χ3v) is 1.87. The highest BCUT2D eigenvalue weighted by atomic mass is 16.6. The summed E-state index contributed by atoms with van der Waals surface area (Å²) in [6.07, 6.45) is -0.0593. The highest BCUT2D eigenvalue weighted by molar-refractivity contribution is 5.93. The summed E-state index contributed by atoms with van der Waals surface area (Å²) in [7, 11) is 0. The summed E-state index contributed by atoms with van der Waals surface area (Å²) < 4.78 is 0. The minimum atomic E-state index is -1.57. The molecule has 0 fully saturated rings. The first-order valence-electron chi connectivity index (χ1n) is 3.93. The second-order valence-electron chi connectivity index (χ2n) is 2.98. The number of carboxylic acids is 2. The molecule has 80 valence electrons. The molecule has 1 unspecified atom stereocenters. The van der Waals surface area contributed by atoms with Gasteiger partial charge >= 0.3 is 11.9 Å². The Labute approximate surface area is 79.5 Å². The maximum atomic E-state index is 10.5. The van der Waals surface area contributed by atoms with E-state index in [9.17, 15) is 19.7 Å². The van der Waals surface area contributed by atoms with Gasteiger partial charge < -0.3 is 10.2 Å². The van der Waals surface area contributed by atoms with E-state index in [1.165, 1.54) is 6.92 Å². The molecular formula is C7H11NO6. The monoisotopic (exact) mass is 205 g/mol. The number of aliphatic carboxylic acids is 2. The second-order valence-corrected chi connectivity index (χ2v) is 2.98. The van der Waals surface area contributed by atoms with E-state index in [-0.39, 0.29) is 6.42 Å². The fourth-order valence-corrected chi connectivity index (χ4v) is 1.07. The van der Waals surface area contributed by atoms with Crippen molar-refractivity contribution in [3.05, 3.63) is 10.1 Å². The molecule has 2 N–H and O–H groups in total. The highest BCUT2D eigenvalue weighted by Gasteiger charge is 2.32. The van der Waals surface area contributed by atoms with Crippen molar-refractivity contribution >= 4 is 11.9 Å². The average molecular weight is 205 g/mol. The summed E-state index contributed by atoms with van der Waals surface area (Å²) >= 11 is 0. The average Bonchev–Trinajstić information content (AvgIpc) is 1.99. The Kier molecular flexibility index (Phi) is 4.54. The van der Waals surface area contributed by atoms with Crippen LogP contribution < -0.4 is 0 Å². The number of hydrogen-bond acceptors (Lipinski definition) is 4. The summed E-state index contributed by atoms with van der Waals surface area (Å²) in [5.74, 6) is -5.26. The van der Waals surface area contributed by atoms with Gasteiger partial charge in [-0.25, -0.2) is 0 Å². The van der Waals surface area contributed by atoms with Gasteiger partial charge in [0, 0.05) is 11.3 Å². The Hall–Kier alpha value is -1.66. The van der Waals surface area contributed by atoms with Gasteiger partial charge in [-0.3, -0.25) is 19.7 Å². The molecule has 0 aliphatic rings. The first-order valence-corrected chi connectivity index (χ1v) is 3.93. The Bertz CT molecular complexity index is 237. The fraction of sp³-hybridized carbons (Fsp3) is 0.714. The van der Waals surface area contributed by atoms with Gasteiger partial charge in [0.2, 0.25) is 6.54 Å². The van der Waals surface area contributed by atoms with Crippen LogP contribution in [-0.2, 0) is 9.59 Å². The van der Waals surface area contributed by atoms with Crippen LogP contribution in [0, 0.1) is 22.0 Å². The first-order chi connectivity index (χ1) is 6.36. The summed E-state index contributed by atoms with van der Waals surface area (Å²) in [4.78, 5) is 30.3. The Morgan fingerprint density at radius 2 is 1.79 bits per heavy atom. The van der Waals surface area contributed by atoms with E-state index in [0.29, 0.717) is 0 Å². The molecule has 7 nitrogen and oxygen atoms in total. The van der Waals surface area contributed by atoms with Gasteiger partial charge in [-0.05, 0) is 5.92 Å². The number of carbonyl (C=O) groups is 2. The molecule has 14 heavy (non-hydrogen) atoms. The molecule has 0 bridgehead atoms. The Balaban J connectivity index is 4.30. The fourth-order valence-electron chi connectivity index (χ4n) is 1.07. The van der Waals surface area contributed by atoms with Crippen LogP contribution in [0.2, 0.25) is 0 Å². The van der Waals surface area contributed by atoms with Crippen LogP contribution >= 0.6 is 0 Å². The van der Waals surface area contributed by atoms with Crippen LogP contribution in [0.1, 0.15) is 13.3 Å². The van der Waals surface area contributed by atoms with Crippen molar-refractivity contribution in [1.82, 2.24) is 0 Å². The SMILES string of the molecule is CC(CC[N+](=O)[O-])C(C(=O)O)C(=O)O. The number of rotatable bonds is 6. The lowest BCUT2D eigenvalue weighted by Gasteiger charge is -2.13. The van der Waals surface area contributed by atoms with E-state index < -0.39 is 35.2 Å². The van der Waals surface area contributed by atoms with E-state index >= 15 is 0 Å². The molecule has 0 spiro atoms. The summed E-state index contributed by atoms with van der Waals surface area (Å²) in [5, 5.41) is 27.0. The molecule has 0 aromatic heterocycles. The zero-order valence-corrected chi connectivity index (χ0v) is 7.54. The van der Waals surface area contributed by atoms with Crippen molar-refractivity contribution in [1.29, 1.82) is 0 Å². The zero-order chi connectivity index (χ0) is 11.3. The van der Waals surface area contributed by atoms with Crippen molar-refractivity contribution in [2.45, 2.75) is 13.3 Å². The lowest BCUT2D eigenvalue weighted by Crippen LogP contribution is -2.30. The third kappa shape index (κ3) is 3.83. The van der Waals surface area contributed by atoms with Gasteiger partial charge in [0.05, 0.1) is 0 Å². The Morgan fingerprint density at radius 1 is 1.36 bits per heavy atom. The van der Waals surface area contributed by atoms with Crippen LogP contribution in [0.25, 0.3) is 0 Å². The van der Waals surface area contributed by atoms with E-state index in [2.05, 4.69) is 0 Å². The largest absolute Gasteiger partial charge is 0.481 e. The number of nitrogens with zero attached hydrogens (tertiary/aromatic N) is 1. The molecule has 0 aromatic rings. The normalized spacial score (nSPS) is 12.4. The number of nitro groups is 1. The topological polar surface area (TPSA) is 118 Å². The van der Waals surface area contributed by atoms with Gasteiger partial charge in [0.25, 0.3) is 0 Å². The molecule has 7 heteroatoms. The van der Waals surface area contributed by atoms with Crippen molar-refractivity contribution in [2.75, 3.05) is 6.54 Å². The van der Waals surface area contributed by atoms with Crippen LogP contribution in [0.3, 0.4) is 0 Å². The zero-order valence-electron chi connectivity index (χ0n) is 7.54. The maximum absolute atomic E-state index is 10.5. The molecule has 0 heterocycles. The van der Waals surface area contributed by atoms with Gasteiger partial charge in [-0.2, -0.15) is 0 Å². The molecule has 0 aliphatic heterocycles. The second kappa shape index (κ2) is 5.15. The van der Waals surface area contributed by atoms with E-state index in [4.69, 9.17) is 10.2 Å². The van der Waals surface area contributed by atoms with Crippen molar-refractivity contribution in [2.24, 2.45) is 11.8 Å². The van der Waals surface area contributed by atoms with Crippen molar-refractivity contribution in [3.8, 4) is 0 Å². The molecule has 0 saturated heterocycles. The minimum Gasteiger partial charge on any atom is -0.481 e. The predicted molar refractivity (Wildman–Crippen MR) is 44.4 cm³/mol. The molecule has 0 rings (SSSR count). The summed E-state index contributed by atoms with van der Waals surface area (Å²) in [5.41, 5.74) is 0.